The third kappa shape index (κ3) is 3.27. The van der Waals surface area contributed by atoms with Crippen molar-refractivity contribution >= 4 is 11.1 Å². The van der Waals surface area contributed by atoms with Crippen LogP contribution in [0.4, 0.5) is 4.39 Å². The van der Waals surface area contributed by atoms with Gasteiger partial charge in [0.25, 0.3) is 0 Å². The Bertz CT molecular complexity index is 481. The summed E-state index contributed by atoms with van der Waals surface area (Å²) < 4.78 is 18.4. The molecule has 1 aromatic carbocycles. The topological polar surface area (TPSA) is 52.0 Å². The zero-order chi connectivity index (χ0) is 12.1. The van der Waals surface area contributed by atoms with Crippen LogP contribution in [0, 0.1) is 5.82 Å². The standard InChI is InChI=1S/C13H17FN2O/c14-10-6-7-11-12(9-10)17-13(16-11)5-3-1-2-4-8-15/h6-7,9H,1-5,8,15H2. The summed E-state index contributed by atoms with van der Waals surface area (Å²) in [5, 5.41) is 0. The summed E-state index contributed by atoms with van der Waals surface area (Å²) in [7, 11) is 0. The Hall–Kier alpha value is -1.42. The highest BCUT2D eigenvalue weighted by Gasteiger charge is 2.06. The first-order valence-electron chi connectivity index (χ1n) is 6.04. The summed E-state index contributed by atoms with van der Waals surface area (Å²) in [6, 6.07) is 4.42. The molecule has 4 heteroatoms. The van der Waals surface area contributed by atoms with E-state index in [0.717, 1.165) is 44.2 Å². The molecule has 1 heterocycles. The predicted octanol–water partition coefficient (Wildman–Crippen LogP) is 3.03. The van der Waals surface area contributed by atoms with E-state index in [1.165, 1.54) is 12.1 Å². The summed E-state index contributed by atoms with van der Waals surface area (Å²) in [6.45, 7) is 0.752. The third-order valence-corrected chi connectivity index (χ3v) is 2.74. The monoisotopic (exact) mass is 236 g/mol. The van der Waals surface area contributed by atoms with Gasteiger partial charge in [-0.1, -0.05) is 12.8 Å². The van der Waals surface area contributed by atoms with Gasteiger partial charge >= 0.3 is 0 Å². The van der Waals surface area contributed by atoms with Gasteiger partial charge in [-0.2, -0.15) is 0 Å². The molecule has 0 saturated heterocycles. The van der Waals surface area contributed by atoms with Crippen LogP contribution in [0.15, 0.2) is 22.6 Å². The maximum absolute atomic E-state index is 12.9. The first-order valence-corrected chi connectivity index (χ1v) is 6.04. The molecule has 0 atom stereocenters. The normalized spacial score (nSPS) is 11.2. The van der Waals surface area contributed by atoms with Gasteiger partial charge in [0.15, 0.2) is 11.5 Å². The van der Waals surface area contributed by atoms with E-state index in [1.54, 1.807) is 6.07 Å². The smallest absolute Gasteiger partial charge is 0.195 e. The number of rotatable bonds is 6. The second-order valence-corrected chi connectivity index (χ2v) is 4.17. The van der Waals surface area contributed by atoms with Crippen molar-refractivity contribution in [1.82, 2.24) is 4.98 Å². The summed E-state index contributed by atoms with van der Waals surface area (Å²) in [5.41, 5.74) is 6.68. The lowest BCUT2D eigenvalue weighted by molar-refractivity contribution is 0.506. The zero-order valence-electron chi connectivity index (χ0n) is 9.79. The number of nitrogens with zero attached hydrogens (tertiary/aromatic N) is 1. The fraction of sp³-hybridized carbons (Fsp3) is 0.462. The van der Waals surface area contributed by atoms with Crippen molar-refractivity contribution in [3.05, 3.63) is 29.9 Å². The number of hydrogen-bond donors (Lipinski definition) is 1. The van der Waals surface area contributed by atoms with Crippen molar-refractivity contribution in [2.24, 2.45) is 5.73 Å². The Labute approximate surface area is 99.8 Å². The van der Waals surface area contributed by atoms with Crippen LogP contribution >= 0.6 is 0 Å². The molecule has 1 aromatic heterocycles. The lowest BCUT2D eigenvalue weighted by Gasteiger charge is -1.96. The number of hydrogen-bond acceptors (Lipinski definition) is 3. The summed E-state index contributed by atoms with van der Waals surface area (Å²) in [4.78, 5) is 4.31. The van der Waals surface area contributed by atoms with Crippen LogP contribution in [0.5, 0.6) is 0 Å². The Balaban J connectivity index is 1.91. The number of unbranched alkanes of at least 4 members (excludes halogenated alkanes) is 3. The SMILES string of the molecule is NCCCCCCc1nc2ccc(F)cc2o1. The number of aromatic nitrogens is 1. The van der Waals surface area contributed by atoms with E-state index in [-0.39, 0.29) is 5.82 Å². The molecule has 0 amide bonds. The van der Waals surface area contributed by atoms with Crippen molar-refractivity contribution in [2.75, 3.05) is 6.54 Å². The van der Waals surface area contributed by atoms with Crippen molar-refractivity contribution in [2.45, 2.75) is 32.1 Å². The Kier molecular flexibility index (Phi) is 4.09. The van der Waals surface area contributed by atoms with Crippen molar-refractivity contribution in [3.8, 4) is 0 Å². The molecule has 0 spiro atoms. The van der Waals surface area contributed by atoms with E-state index in [4.69, 9.17) is 10.2 Å². The highest BCUT2D eigenvalue weighted by Crippen LogP contribution is 2.18. The van der Waals surface area contributed by atoms with Crippen LogP contribution in [0.3, 0.4) is 0 Å². The minimum atomic E-state index is -0.289. The van der Waals surface area contributed by atoms with Crippen molar-refractivity contribution in [1.29, 1.82) is 0 Å². The van der Waals surface area contributed by atoms with Crippen LogP contribution in [0.2, 0.25) is 0 Å². The van der Waals surface area contributed by atoms with E-state index in [0.29, 0.717) is 11.5 Å². The minimum absolute atomic E-state index is 0.289. The lowest BCUT2D eigenvalue weighted by Crippen LogP contribution is -1.97. The molecule has 0 fully saturated rings. The predicted molar refractivity (Wildman–Crippen MR) is 65.2 cm³/mol. The van der Waals surface area contributed by atoms with Gasteiger partial charge in [-0.3, -0.25) is 0 Å². The van der Waals surface area contributed by atoms with Gasteiger partial charge in [-0.15, -0.1) is 0 Å². The first-order chi connectivity index (χ1) is 8.29. The van der Waals surface area contributed by atoms with E-state index in [1.807, 2.05) is 0 Å². The van der Waals surface area contributed by atoms with E-state index in [9.17, 15) is 4.39 Å². The number of nitrogens with two attached hydrogens (primary N) is 1. The van der Waals surface area contributed by atoms with Crippen molar-refractivity contribution < 1.29 is 8.81 Å². The molecule has 0 saturated carbocycles. The minimum Gasteiger partial charge on any atom is -0.441 e. The molecule has 0 bridgehead atoms. The number of benzene rings is 1. The highest BCUT2D eigenvalue weighted by atomic mass is 19.1. The first kappa shape index (κ1) is 12.0. The second-order valence-electron chi connectivity index (χ2n) is 4.17. The van der Waals surface area contributed by atoms with Crippen LogP contribution in [-0.2, 0) is 6.42 Å². The molecule has 2 rings (SSSR count). The van der Waals surface area contributed by atoms with Gasteiger partial charge in [0, 0.05) is 12.5 Å². The van der Waals surface area contributed by atoms with Gasteiger partial charge < -0.3 is 10.2 Å². The molecule has 0 unspecified atom stereocenters. The molecular formula is C13H17FN2O. The van der Waals surface area contributed by atoms with Gasteiger partial charge in [-0.05, 0) is 31.5 Å². The highest BCUT2D eigenvalue weighted by molar-refractivity contribution is 5.72. The lowest BCUT2D eigenvalue weighted by atomic mass is 10.1. The van der Waals surface area contributed by atoms with E-state index < -0.39 is 0 Å². The van der Waals surface area contributed by atoms with Gasteiger partial charge in [0.1, 0.15) is 11.3 Å². The maximum atomic E-state index is 12.9. The van der Waals surface area contributed by atoms with Crippen LogP contribution in [0.25, 0.3) is 11.1 Å². The van der Waals surface area contributed by atoms with Gasteiger partial charge in [0.2, 0.25) is 0 Å². The zero-order valence-corrected chi connectivity index (χ0v) is 9.79. The average molecular weight is 236 g/mol. The summed E-state index contributed by atoms with van der Waals surface area (Å²) in [6.07, 6.45) is 5.19. The second kappa shape index (κ2) is 5.77. The Morgan fingerprint density at radius 3 is 2.82 bits per heavy atom. The van der Waals surface area contributed by atoms with Gasteiger partial charge in [-0.25, -0.2) is 9.37 Å². The molecular weight excluding hydrogens is 219 g/mol. The van der Waals surface area contributed by atoms with Crippen molar-refractivity contribution in [3.63, 3.8) is 0 Å². The number of oxazole rings is 1. The molecule has 0 aliphatic heterocycles. The van der Waals surface area contributed by atoms with Crippen LogP contribution < -0.4 is 5.73 Å². The summed E-state index contributed by atoms with van der Waals surface area (Å²) >= 11 is 0. The molecule has 2 aromatic rings. The molecule has 17 heavy (non-hydrogen) atoms. The molecule has 0 aliphatic rings. The van der Waals surface area contributed by atoms with E-state index in [2.05, 4.69) is 4.98 Å². The Morgan fingerprint density at radius 2 is 2.00 bits per heavy atom. The van der Waals surface area contributed by atoms with E-state index >= 15 is 0 Å². The third-order valence-electron chi connectivity index (χ3n) is 2.74. The molecule has 0 radical (unpaired) electrons. The average Bonchev–Trinajstić information content (AvgIpc) is 2.70. The summed E-state index contributed by atoms with van der Waals surface area (Å²) in [5.74, 6) is 0.404. The fourth-order valence-corrected chi connectivity index (χ4v) is 1.83. The molecule has 0 aliphatic carbocycles. The largest absolute Gasteiger partial charge is 0.441 e. The fourth-order valence-electron chi connectivity index (χ4n) is 1.83. The molecule has 92 valence electrons. The number of halogens is 1. The van der Waals surface area contributed by atoms with Gasteiger partial charge in [0.05, 0.1) is 0 Å². The molecule has 2 N–H and O–H groups in total. The Morgan fingerprint density at radius 1 is 1.18 bits per heavy atom. The number of aryl methyl sites for hydroxylation is 1. The number of fused-ring (bicyclic) bond motifs is 1. The molecule has 3 nitrogen and oxygen atoms in total. The van der Waals surface area contributed by atoms with Crippen LogP contribution in [0.1, 0.15) is 31.6 Å². The van der Waals surface area contributed by atoms with Crippen LogP contribution in [-0.4, -0.2) is 11.5 Å². The maximum Gasteiger partial charge on any atom is 0.195 e. The quantitative estimate of drug-likeness (QED) is 0.784.